The van der Waals surface area contributed by atoms with Crippen LogP contribution in [0.25, 0.3) is 0 Å². The van der Waals surface area contributed by atoms with Crippen molar-refractivity contribution in [2.24, 2.45) is 0 Å². The van der Waals surface area contributed by atoms with E-state index in [1.807, 2.05) is 0 Å². The van der Waals surface area contributed by atoms with Crippen molar-refractivity contribution < 1.29 is 14.1 Å². The summed E-state index contributed by atoms with van der Waals surface area (Å²) in [4.78, 5) is 17.6. The fourth-order valence-electron chi connectivity index (χ4n) is 2.21. The molecule has 2 heterocycles. The highest BCUT2D eigenvalue weighted by molar-refractivity contribution is 5.69. The highest BCUT2D eigenvalue weighted by atomic mass is 16.5. The number of likely N-dealkylation sites (tertiary alicyclic amines) is 1. The van der Waals surface area contributed by atoms with Gasteiger partial charge in [0.15, 0.2) is 6.33 Å². The summed E-state index contributed by atoms with van der Waals surface area (Å²) in [5.41, 5.74) is 0. The third-order valence-electron chi connectivity index (χ3n) is 3.12. The van der Waals surface area contributed by atoms with Gasteiger partial charge in [-0.2, -0.15) is 4.98 Å². The number of hydrogen-bond donors (Lipinski definition) is 0. The molecule has 94 valence electrons. The van der Waals surface area contributed by atoms with Crippen LogP contribution in [0.15, 0.2) is 10.9 Å². The van der Waals surface area contributed by atoms with Crippen LogP contribution in [0.4, 0.5) is 0 Å². The lowest BCUT2D eigenvalue weighted by Gasteiger charge is -2.33. The topological polar surface area (TPSA) is 68.5 Å². The molecule has 0 radical (unpaired) electrons. The van der Waals surface area contributed by atoms with E-state index >= 15 is 0 Å². The normalized spacial score (nSPS) is 21.4. The number of ether oxygens (including phenoxy) is 1. The fourth-order valence-corrected chi connectivity index (χ4v) is 2.21. The molecular weight excluding hydrogens is 222 g/mol. The summed E-state index contributed by atoms with van der Waals surface area (Å²) in [6.07, 6.45) is 5.15. The Balaban J connectivity index is 1.94. The summed E-state index contributed by atoms with van der Waals surface area (Å²) < 4.78 is 9.72. The van der Waals surface area contributed by atoms with Crippen molar-refractivity contribution in [2.45, 2.75) is 38.3 Å². The van der Waals surface area contributed by atoms with E-state index in [2.05, 4.69) is 15.0 Å². The standard InChI is InChI=1S/C11H17N3O3/c1-16-11(15)6-9-4-2-3-5-14(9)7-10-12-8-13-17-10/h8-9H,2-7H2,1H3. The van der Waals surface area contributed by atoms with Crippen molar-refractivity contribution in [1.29, 1.82) is 0 Å². The number of rotatable bonds is 4. The van der Waals surface area contributed by atoms with Crippen molar-refractivity contribution >= 4 is 5.97 Å². The van der Waals surface area contributed by atoms with Gasteiger partial charge in [0.2, 0.25) is 5.89 Å². The predicted octanol–water partition coefficient (Wildman–Crippen LogP) is 0.987. The quantitative estimate of drug-likeness (QED) is 0.730. The van der Waals surface area contributed by atoms with Gasteiger partial charge in [-0.1, -0.05) is 11.6 Å². The fraction of sp³-hybridized carbons (Fsp3) is 0.727. The van der Waals surface area contributed by atoms with E-state index in [-0.39, 0.29) is 12.0 Å². The minimum absolute atomic E-state index is 0.160. The molecule has 0 saturated carbocycles. The Kier molecular flexibility index (Phi) is 4.08. The third kappa shape index (κ3) is 3.26. The SMILES string of the molecule is COC(=O)CC1CCCCN1Cc1ncno1. The van der Waals surface area contributed by atoms with Crippen LogP contribution in [-0.4, -0.2) is 40.7 Å². The van der Waals surface area contributed by atoms with Gasteiger partial charge in [0.25, 0.3) is 0 Å². The maximum Gasteiger partial charge on any atom is 0.307 e. The van der Waals surface area contributed by atoms with Crippen molar-refractivity contribution in [3.63, 3.8) is 0 Å². The molecule has 0 aliphatic carbocycles. The van der Waals surface area contributed by atoms with Crippen molar-refractivity contribution in [2.75, 3.05) is 13.7 Å². The highest BCUT2D eigenvalue weighted by Gasteiger charge is 2.26. The summed E-state index contributed by atoms with van der Waals surface area (Å²) >= 11 is 0. The van der Waals surface area contributed by atoms with Crippen LogP contribution in [0.3, 0.4) is 0 Å². The molecule has 0 N–H and O–H groups in total. The van der Waals surface area contributed by atoms with Crippen LogP contribution in [-0.2, 0) is 16.1 Å². The molecule has 6 nitrogen and oxygen atoms in total. The number of aromatic nitrogens is 2. The lowest BCUT2D eigenvalue weighted by atomic mass is 9.99. The zero-order chi connectivity index (χ0) is 12.1. The van der Waals surface area contributed by atoms with E-state index in [1.165, 1.54) is 13.4 Å². The molecule has 2 rings (SSSR count). The third-order valence-corrected chi connectivity index (χ3v) is 3.12. The first-order valence-corrected chi connectivity index (χ1v) is 5.86. The maximum atomic E-state index is 11.3. The number of methoxy groups -OCH3 is 1. The van der Waals surface area contributed by atoms with Crippen LogP contribution < -0.4 is 0 Å². The van der Waals surface area contributed by atoms with Crippen LogP contribution in [0.5, 0.6) is 0 Å². The molecule has 1 fully saturated rings. The molecule has 1 saturated heterocycles. The number of carbonyl (C=O) groups excluding carboxylic acids is 1. The van der Waals surface area contributed by atoms with Gasteiger partial charge >= 0.3 is 5.97 Å². The first-order chi connectivity index (χ1) is 8.29. The molecule has 1 atom stereocenters. The molecule has 17 heavy (non-hydrogen) atoms. The zero-order valence-electron chi connectivity index (χ0n) is 9.96. The molecular formula is C11H17N3O3. The molecule has 1 aliphatic rings. The van der Waals surface area contributed by atoms with E-state index in [9.17, 15) is 4.79 Å². The number of nitrogens with zero attached hydrogens (tertiary/aromatic N) is 3. The molecule has 1 aromatic rings. The Morgan fingerprint density at radius 2 is 2.53 bits per heavy atom. The molecule has 1 aromatic heterocycles. The van der Waals surface area contributed by atoms with Gasteiger partial charge in [-0.3, -0.25) is 9.69 Å². The van der Waals surface area contributed by atoms with Gasteiger partial charge < -0.3 is 9.26 Å². The Morgan fingerprint density at radius 1 is 1.65 bits per heavy atom. The van der Waals surface area contributed by atoms with Gasteiger partial charge in [0.05, 0.1) is 20.1 Å². The average Bonchev–Trinajstić information content (AvgIpc) is 2.84. The number of esters is 1. The minimum atomic E-state index is -0.160. The average molecular weight is 239 g/mol. The molecule has 1 unspecified atom stereocenters. The van der Waals surface area contributed by atoms with E-state index in [0.29, 0.717) is 18.9 Å². The molecule has 0 aromatic carbocycles. The Bertz CT molecular complexity index is 353. The first-order valence-electron chi connectivity index (χ1n) is 5.86. The number of carbonyl (C=O) groups is 1. The van der Waals surface area contributed by atoms with Crippen LogP contribution >= 0.6 is 0 Å². The van der Waals surface area contributed by atoms with Crippen LogP contribution in [0.1, 0.15) is 31.6 Å². The van der Waals surface area contributed by atoms with E-state index in [0.717, 1.165) is 25.8 Å². The van der Waals surface area contributed by atoms with Crippen molar-refractivity contribution in [3.05, 3.63) is 12.2 Å². The highest BCUT2D eigenvalue weighted by Crippen LogP contribution is 2.21. The predicted molar refractivity (Wildman–Crippen MR) is 59.0 cm³/mol. The van der Waals surface area contributed by atoms with Gasteiger partial charge in [-0.25, -0.2) is 0 Å². The second-order valence-corrected chi connectivity index (χ2v) is 4.24. The van der Waals surface area contributed by atoms with Crippen LogP contribution in [0.2, 0.25) is 0 Å². The van der Waals surface area contributed by atoms with Gasteiger partial charge in [0, 0.05) is 6.04 Å². The second kappa shape index (κ2) is 5.77. The van der Waals surface area contributed by atoms with Crippen molar-refractivity contribution in [3.8, 4) is 0 Å². The second-order valence-electron chi connectivity index (χ2n) is 4.24. The minimum Gasteiger partial charge on any atom is -0.469 e. The largest absolute Gasteiger partial charge is 0.469 e. The monoisotopic (exact) mass is 239 g/mol. The lowest BCUT2D eigenvalue weighted by molar-refractivity contribution is -0.142. The van der Waals surface area contributed by atoms with Crippen LogP contribution in [0, 0.1) is 0 Å². The van der Waals surface area contributed by atoms with Gasteiger partial charge in [-0.05, 0) is 19.4 Å². The summed E-state index contributed by atoms with van der Waals surface area (Å²) in [5, 5.41) is 3.59. The molecule has 0 bridgehead atoms. The van der Waals surface area contributed by atoms with Gasteiger partial charge in [-0.15, -0.1) is 0 Å². The summed E-state index contributed by atoms with van der Waals surface area (Å²) in [7, 11) is 1.42. The molecule has 0 amide bonds. The zero-order valence-corrected chi connectivity index (χ0v) is 9.96. The van der Waals surface area contributed by atoms with E-state index in [1.54, 1.807) is 0 Å². The molecule has 0 spiro atoms. The Morgan fingerprint density at radius 3 is 3.24 bits per heavy atom. The lowest BCUT2D eigenvalue weighted by Crippen LogP contribution is -2.40. The maximum absolute atomic E-state index is 11.3. The van der Waals surface area contributed by atoms with Gasteiger partial charge in [0.1, 0.15) is 0 Å². The Hall–Kier alpha value is -1.43. The summed E-state index contributed by atoms with van der Waals surface area (Å²) in [5.74, 6) is 0.439. The van der Waals surface area contributed by atoms with Crippen molar-refractivity contribution in [1.82, 2.24) is 15.0 Å². The summed E-state index contributed by atoms with van der Waals surface area (Å²) in [6, 6.07) is 0.225. The van der Waals surface area contributed by atoms with E-state index in [4.69, 9.17) is 9.26 Å². The van der Waals surface area contributed by atoms with E-state index < -0.39 is 0 Å². The molecule has 1 aliphatic heterocycles. The number of hydrogen-bond acceptors (Lipinski definition) is 6. The first kappa shape index (κ1) is 12.0. The Labute approximate surface area is 99.9 Å². The summed E-state index contributed by atoms with van der Waals surface area (Å²) in [6.45, 7) is 1.58. The smallest absolute Gasteiger partial charge is 0.307 e. The molecule has 6 heteroatoms. The number of piperidine rings is 1.